The van der Waals surface area contributed by atoms with Crippen molar-refractivity contribution in [3.05, 3.63) is 33.8 Å². The van der Waals surface area contributed by atoms with Crippen LogP contribution in [-0.4, -0.2) is 29.9 Å². The molecule has 20 heavy (non-hydrogen) atoms. The number of rotatable bonds is 3. The maximum Gasteiger partial charge on any atom is 0.242 e. The molecule has 0 spiro atoms. The summed E-state index contributed by atoms with van der Waals surface area (Å²) in [6.07, 6.45) is 1.97. The van der Waals surface area contributed by atoms with Crippen molar-refractivity contribution >= 4 is 29.1 Å². The quantitative estimate of drug-likeness (QED) is 0.923. The number of halogens is 2. The average Bonchev–Trinajstić information content (AvgIpc) is 2.90. The summed E-state index contributed by atoms with van der Waals surface area (Å²) in [6, 6.07) is 5.71. The number of hydrogen-bond donors (Lipinski definition) is 1. The lowest BCUT2D eigenvalue weighted by Crippen LogP contribution is -2.52. The first kappa shape index (κ1) is 15.6. The fourth-order valence-corrected chi connectivity index (χ4v) is 2.85. The van der Waals surface area contributed by atoms with E-state index in [0.717, 1.165) is 24.9 Å². The number of amides is 1. The smallest absolute Gasteiger partial charge is 0.242 e. The van der Waals surface area contributed by atoms with Gasteiger partial charge >= 0.3 is 0 Å². The van der Waals surface area contributed by atoms with Crippen LogP contribution in [0.5, 0.6) is 0 Å². The van der Waals surface area contributed by atoms with Crippen LogP contribution in [0.3, 0.4) is 0 Å². The molecule has 1 N–H and O–H groups in total. The predicted octanol–water partition coefficient (Wildman–Crippen LogP) is 3.65. The summed E-state index contributed by atoms with van der Waals surface area (Å²) < 4.78 is 0. The van der Waals surface area contributed by atoms with Gasteiger partial charge in [-0.25, -0.2) is 0 Å². The maximum atomic E-state index is 12.6. The second-order valence-corrected chi connectivity index (χ2v) is 6.52. The van der Waals surface area contributed by atoms with Crippen molar-refractivity contribution in [1.29, 1.82) is 0 Å². The Labute approximate surface area is 130 Å². The lowest BCUT2D eigenvalue weighted by atomic mass is 10.0. The molecule has 1 aromatic carbocycles. The van der Waals surface area contributed by atoms with Gasteiger partial charge in [-0.15, -0.1) is 0 Å². The molecular weight excluding hydrogens is 295 g/mol. The molecule has 2 rings (SSSR count). The van der Waals surface area contributed by atoms with Gasteiger partial charge in [-0.2, -0.15) is 0 Å². The minimum atomic E-state index is -0.557. The number of likely N-dealkylation sites (tertiary alicyclic amines) is 1. The number of hydrogen-bond acceptors (Lipinski definition) is 2. The van der Waals surface area contributed by atoms with E-state index in [4.69, 9.17) is 23.2 Å². The van der Waals surface area contributed by atoms with Crippen LogP contribution in [-0.2, 0) is 4.79 Å². The van der Waals surface area contributed by atoms with Gasteiger partial charge in [0.05, 0.1) is 21.6 Å². The second-order valence-electron chi connectivity index (χ2n) is 5.71. The lowest BCUT2D eigenvalue weighted by Gasteiger charge is -2.33. The Bertz CT molecular complexity index is 517. The van der Waals surface area contributed by atoms with Crippen LogP contribution < -0.4 is 5.32 Å². The Kier molecular flexibility index (Phi) is 4.62. The van der Waals surface area contributed by atoms with Crippen LogP contribution in [0.15, 0.2) is 18.2 Å². The molecule has 1 saturated heterocycles. The fraction of sp³-hybridized carbons (Fsp3) is 0.533. The van der Waals surface area contributed by atoms with Gasteiger partial charge in [0, 0.05) is 6.54 Å². The molecule has 0 saturated carbocycles. The van der Waals surface area contributed by atoms with Crippen molar-refractivity contribution in [1.82, 2.24) is 10.2 Å². The van der Waals surface area contributed by atoms with Gasteiger partial charge in [0.25, 0.3) is 0 Å². The summed E-state index contributed by atoms with van der Waals surface area (Å²) in [5.41, 5.74) is 0.496. The molecule has 0 bridgehead atoms. The van der Waals surface area contributed by atoms with Gasteiger partial charge in [-0.05, 0) is 51.4 Å². The van der Waals surface area contributed by atoms with Crippen molar-refractivity contribution in [2.75, 3.05) is 13.6 Å². The maximum absolute atomic E-state index is 12.6. The minimum Gasteiger partial charge on any atom is -0.334 e. The zero-order valence-corrected chi connectivity index (χ0v) is 13.6. The average molecular weight is 315 g/mol. The largest absolute Gasteiger partial charge is 0.334 e. The summed E-state index contributed by atoms with van der Waals surface area (Å²) in [6.45, 7) is 4.59. The van der Waals surface area contributed by atoms with Gasteiger partial charge in [0.2, 0.25) is 5.91 Å². The third kappa shape index (κ3) is 2.95. The summed E-state index contributed by atoms with van der Waals surface area (Å²) >= 11 is 12.0. The predicted molar refractivity (Wildman–Crippen MR) is 83.3 cm³/mol. The van der Waals surface area contributed by atoms with Crippen molar-refractivity contribution in [2.24, 2.45) is 0 Å². The molecule has 1 heterocycles. The molecule has 1 aromatic rings. The SMILES string of the molecule is CNC(C)(C)C(=O)N1CCCC1c1ccc(Cl)c(Cl)c1. The molecule has 0 radical (unpaired) electrons. The molecule has 1 fully saturated rings. The molecule has 1 aliphatic rings. The zero-order chi connectivity index (χ0) is 14.9. The van der Waals surface area contributed by atoms with Crippen LogP contribution in [0, 0.1) is 0 Å². The van der Waals surface area contributed by atoms with E-state index in [9.17, 15) is 4.79 Å². The van der Waals surface area contributed by atoms with E-state index in [1.165, 1.54) is 0 Å². The molecule has 0 aliphatic carbocycles. The summed E-state index contributed by atoms with van der Waals surface area (Å²) in [5, 5.41) is 4.15. The van der Waals surface area contributed by atoms with E-state index in [0.29, 0.717) is 10.0 Å². The molecule has 1 aliphatic heterocycles. The Balaban J connectivity index is 2.27. The normalized spacial score (nSPS) is 19.4. The van der Waals surface area contributed by atoms with E-state index >= 15 is 0 Å². The van der Waals surface area contributed by atoms with E-state index < -0.39 is 5.54 Å². The van der Waals surface area contributed by atoms with E-state index in [-0.39, 0.29) is 11.9 Å². The molecule has 1 unspecified atom stereocenters. The van der Waals surface area contributed by atoms with Crippen molar-refractivity contribution in [2.45, 2.75) is 38.3 Å². The molecule has 5 heteroatoms. The Morgan fingerprint density at radius 1 is 1.35 bits per heavy atom. The number of benzene rings is 1. The van der Waals surface area contributed by atoms with E-state index in [2.05, 4.69) is 5.32 Å². The second kappa shape index (κ2) is 5.92. The van der Waals surface area contributed by atoms with Crippen molar-refractivity contribution in [3.63, 3.8) is 0 Å². The first-order chi connectivity index (χ1) is 9.36. The molecule has 110 valence electrons. The topological polar surface area (TPSA) is 32.3 Å². The fourth-order valence-electron chi connectivity index (χ4n) is 2.54. The molecule has 3 nitrogen and oxygen atoms in total. The zero-order valence-electron chi connectivity index (χ0n) is 12.0. The van der Waals surface area contributed by atoms with Gasteiger partial charge in [-0.1, -0.05) is 29.3 Å². The van der Waals surface area contributed by atoms with Crippen molar-refractivity contribution < 1.29 is 4.79 Å². The lowest BCUT2D eigenvalue weighted by molar-refractivity contribution is -0.137. The highest BCUT2D eigenvalue weighted by Crippen LogP contribution is 2.36. The van der Waals surface area contributed by atoms with Gasteiger partial charge in [0.15, 0.2) is 0 Å². The van der Waals surface area contributed by atoms with Crippen LogP contribution in [0.25, 0.3) is 0 Å². The van der Waals surface area contributed by atoms with Crippen LogP contribution in [0.1, 0.15) is 38.3 Å². The van der Waals surface area contributed by atoms with Crippen LogP contribution in [0.2, 0.25) is 10.0 Å². The van der Waals surface area contributed by atoms with Gasteiger partial charge in [-0.3, -0.25) is 4.79 Å². The van der Waals surface area contributed by atoms with Crippen LogP contribution >= 0.6 is 23.2 Å². The summed E-state index contributed by atoms with van der Waals surface area (Å²) in [4.78, 5) is 14.6. The van der Waals surface area contributed by atoms with Crippen molar-refractivity contribution in [3.8, 4) is 0 Å². The Morgan fingerprint density at radius 2 is 2.05 bits per heavy atom. The standard InChI is InChI=1S/C15H20Cl2N2O/c1-15(2,18-3)14(20)19-8-4-5-13(19)10-6-7-11(16)12(17)9-10/h6-7,9,13,18H,4-5,8H2,1-3H3. The highest BCUT2D eigenvalue weighted by Gasteiger charge is 2.37. The highest BCUT2D eigenvalue weighted by molar-refractivity contribution is 6.42. The highest BCUT2D eigenvalue weighted by atomic mass is 35.5. The first-order valence-corrected chi connectivity index (χ1v) is 7.57. The molecular formula is C15H20Cl2N2O. The van der Waals surface area contributed by atoms with E-state index in [1.807, 2.05) is 37.9 Å². The van der Waals surface area contributed by atoms with Gasteiger partial charge < -0.3 is 10.2 Å². The first-order valence-electron chi connectivity index (χ1n) is 6.82. The van der Waals surface area contributed by atoms with Crippen LogP contribution in [0.4, 0.5) is 0 Å². The number of likely N-dealkylation sites (N-methyl/N-ethyl adjacent to an activating group) is 1. The Hall–Kier alpha value is -0.770. The number of nitrogens with one attached hydrogen (secondary N) is 1. The Morgan fingerprint density at radius 3 is 2.65 bits per heavy atom. The number of nitrogens with zero attached hydrogens (tertiary/aromatic N) is 1. The van der Waals surface area contributed by atoms with Gasteiger partial charge in [0.1, 0.15) is 0 Å². The number of carbonyl (C=O) groups is 1. The third-order valence-corrected chi connectivity index (χ3v) is 4.74. The minimum absolute atomic E-state index is 0.0879. The summed E-state index contributed by atoms with van der Waals surface area (Å²) in [5.74, 6) is 0.119. The molecule has 0 aromatic heterocycles. The number of carbonyl (C=O) groups excluding carboxylic acids is 1. The summed E-state index contributed by atoms with van der Waals surface area (Å²) in [7, 11) is 1.81. The third-order valence-electron chi connectivity index (χ3n) is 4.00. The monoisotopic (exact) mass is 314 g/mol. The molecule has 1 amide bonds. The molecule has 1 atom stereocenters. The van der Waals surface area contributed by atoms with E-state index in [1.54, 1.807) is 6.07 Å².